The van der Waals surface area contributed by atoms with Crippen LogP contribution in [0, 0.1) is 6.92 Å². The molecule has 0 aromatic carbocycles. The topological polar surface area (TPSA) is 92.2 Å². The minimum absolute atomic E-state index is 0.171. The Morgan fingerprint density at radius 1 is 1.45 bits per heavy atom. The summed E-state index contributed by atoms with van der Waals surface area (Å²) in [7, 11) is 0. The van der Waals surface area contributed by atoms with Crippen molar-refractivity contribution in [3.63, 3.8) is 0 Å². The number of amides is 1. The molecule has 7 nitrogen and oxygen atoms in total. The summed E-state index contributed by atoms with van der Waals surface area (Å²) in [6.07, 6.45) is 4.80. The number of fused-ring (bicyclic) bond motifs is 1. The SMILES string of the molecule is Cc1cn2nc(C(=O)Nc3cccnc3)cc2c(=O)[nH]1. The van der Waals surface area contributed by atoms with Crippen LogP contribution in [0.3, 0.4) is 0 Å². The number of carbonyl (C=O) groups is 1. The second-order valence-electron chi connectivity index (χ2n) is 4.32. The summed E-state index contributed by atoms with van der Waals surface area (Å²) in [6.45, 7) is 1.75. The smallest absolute Gasteiger partial charge is 0.276 e. The number of carbonyl (C=O) groups excluding carboxylic acids is 1. The molecule has 3 aromatic heterocycles. The van der Waals surface area contributed by atoms with Crippen molar-refractivity contribution in [2.24, 2.45) is 0 Å². The molecule has 0 fully saturated rings. The van der Waals surface area contributed by atoms with Crippen molar-refractivity contribution in [2.75, 3.05) is 5.32 Å². The lowest BCUT2D eigenvalue weighted by molar-refractivity contribution is 0.102. The highest BCUT2D eigenvalue weighted by Gasteiger charge is 2.13. The van der Waals surface area contributed by atoms with E-state index in [2.05, 4.69) is 20.4 Å². The molecule has 3 heterocycles. The number of hydrogen-bond donors (Lipinski definition) is 2. The maximum atomic E-state index is 12.1. The number of anilines is 1. The molecule has 0 atom stereocenters. The van der Waals surface area contributed by atoms with Crippen LogP contribution in [0.25, 0.3) is 5.52 Å². The molecule has 2 N–H and O–H groups in total. The Morgan fingerprint density at radius 2 is 2.30 bits per heavy atom. The largest absolute Gasteiger partial charge is 0.323 e. The molecule has 0 saturated heterocycles. The van der Waals surface area contributed by atoms with Crippen LogP contribution >= 0.6 is 0 Å². The number of aromatic amines is 1. The zero-order valence-corrected chi connectivity index (χ0v) is 10.6. The number of H-pyrrole nitrogens is 1. The van der Waals surface area contributed by atoms with Gasteiger partial charge in [0.1, 0.15) is 5.52 Å². The van der Waals surface area contributed by atoms with E-state index in [0.717, 1.165) is 0 Å². The Bertz CT molecular complexity index is 835. The van der Waals surface area contributed by atoms with Crippen LogP contribution in [-0.2, 0) is 0 Å². The van der Waals surface area contributed by atoms with Gasteiger partial charge in [-0.05, 0) is 19.1 Å². The first kappa shape index (κ1) is 12.1. The number of pyridine rings is 1. The Kier molecular flexibility index (Phi) is 2.79. The van der Waals surface area contributed by atoms with E-state index in [1.165, 1.54) is 16.8 Å². The first-order valence-electron chi connectivity index (χ1n) is 5.94. The first-order chi connectivity index (χ1) is 9.63. The molecule has 0 aliphatic rings. The molecular formula is C13H11N5O2. The van der Waals surface area contributed by atoms with Crippen molar-refractivity contribution in [1.82, 2.24) is 19.6 Å². The van der Waals surface area contributed by atoms with Gasteiger partial charge in [0.2, 0.25) is 0 Å². The van der Waals surface area contributed by atoms with Crippen LogP contribution in [0.2, 0.25) is 0 Å². The fraction of sp³-hybridized carbons (Fsp3) is 0.0769. The summed E-state index contributed by atoms with van der Waals surface area (Å²) in [5, 5.41) is 6.76. The summed E-state index contributed by atoms with van der Waals surface area (Å²) in [5.41, 5.74) is 1.46. The van der Waals surface area contributed by atoms with E-state index in [1.807, 2.05) is 0 Å². The van der Waals surface area contributed by atoms with Gasteiger partial charge in [-0.15, -0.1) is 0 Å². The molecule has 7 heteroatoms. The maximum Gasteiger partial charge on any atom is 0.276 e. The Labute approximate surface area is 113 Å². The lowest BCUT2D eigenvalue weighted by Gasteiger charge is -2.00. The highest BCUT2D eigenvalue weighted by atomic mass is 16.2. The molecular weight excluding hydrogens is 258 g/mol. The number of rotatable bonds is 2. The van der Waals surface area contributed by atoms with Crippen LogP contribution in [0.5, 0.6) is 0 Å². The second-order valence-corrected chi connectivity index (χ2v) is 4.32. The molecule has 0 saturated carbocycles. The maximum absolute atomic E-state index is 12.1. The number of nitrogens with zero attached hydrogens (tertiary/aromatic N) is 3. The van der Waals surface area contributed by atoms with Crippen molar-refractivity contribution < 1.29 is 4.79 Å². The van der Waals surface area contributed by atoms with Crippen molar-refractivity contribution in [3.05, 3.63) is 58.5 Å². The van der Waals surface area contributed by atoms with E-state index >= 15 is 0 Å². The fourth-order valence-corrected chi connectivity index (χ4v) is 1.86. The average molecular weight is 269 g/mol. The standard InChI is InChI=1S/C13H11N5O2/c1-8-7-18-11(13(20)15-8)5-10(17-18)12(19)16-9-3-2-4-14-6-9/h2-7H,1H3,(H,15,20)(H,16,19). The fourth-order valence-electron chi connectivity index (χ4n) is 1.86. The van der Waals surface area contributed by atoms with E-state index in [0.29, 0.717) is 16.9 Å². The van der Waals surface area contributed by atoms with Gasteiger partial charge in [0, 0.05) is 24.2 Å². The van der Waals surface area contributed by atoms with Crippen molar-refractivity contribution in [1.29, 1.82) is 0 Å². The third kappa shape index (κ3) is 2.16. The second kappa shape index (κ2) is 4.61. The third-order valence-electron chi connectivity index (χ3n) is 2.75. The Balaban J connectivity index is 1.96. The lowest BCUT2D eigenvalue weighted by atomic mass is 10.3. The molecule has 3 aromatic rings. The van der Waals surface area contributed by atoms with E-state index in [9.17, 15) is 9.59 Å². The number of aromatic nitrogens is 4. The summed E-state index contributed by atoms with van der Waals surface area (Å²) in [4.78, 5) is 30.4. The van der Waals surface area contributed by atoms with Crippen molar-refractivity contribution in [2.45, 2.75) is 6.92 Å². The minimum atomic E-state index is -0.390. The molecule has 1 amide bonds. The van der Waals surface area contributed by atoms with Gasteiger partial charge in [-0.3, -0.25) is 14.6 Å². The van der Waals surface area contributed by atoms with Gasteiger partial charge in [-0.2, -0.15) is 5.10 Å². The highest BCUT2D eigenvalue weighted by molar-refractivity contribution is 6.03. The van der Waals surface area contributed by atoms with Gasteiger partial charge in [0.25, 0.3) is 11.5 Å². The molecule has 0 bridgehead atoms. The quantitative estimate of drug-likeness (QED) is 0.725. The zero-order valence-electron chi connectivity index (χ0n) is 10.6. The van der Waals surface area contributed by atoms with Gasteiger partial charge in [-0.25, -0.2) is 4.52 Å². The van der Waals surface area contributed by atoms with Crippen LogP contribution < -0.4 is 10.9 Å². The minimum Gasteiger partial charge on any atom is -0.323 e. The molecule has 20 heavy (non-hydrogen) atoms. The monoisotopic (exact) mass is 269 g/mol. The predicted octanol–water partition coefficient (Wildman–Crippen LogP) is 0.978. The molecule has 0 aliphatic carbocycles. The summed E-state index contributed by atoms with van der Waals surface area (Å²) in [5.74, 6) is -0.390. The zero-order chi connectivity index (χ0) is 14.1. The Hall–Kier alpha value is -2.96. The van der Waals surface area contributed by atoms with Crippen LogP contribution in [-0.4, -0.2) is 25.5 Å². The molecule has 0 radical (unpaired) electrons. The number of nitrogens with one attached hydrogen (secondary N) is 2. The van der Waals surface area contributed by atoms with Crippen LogP contribution in [0.1, 0.15) is 16.2 Å². The molecule has 0 spiro atoms. The molecule has 0 unspecified atom stereocenters. The molecule has 0 aliphatic heterocycles. The summed E-state index contributed by atoms with van der Waals surface area (Å²) >= 11 is 0. The average Bonchev–Trinajstić information content (AvgIpc) is 2.84. The summed E-state index contributed by atoms with van der Waals surface area (Å²) in [6, 6.07) is 4.88. The van der Waals surface area contributed by atoms with Crippen molar-refractivity contribution in [3.8, 4) is 0 Å². The Morgan fingerprint density at radius 3 is 3.05 bits per heavy atom. The van der Waals surface area contributed by atoms with Crippen LogP contribution in [0.4, 0.5) is 5.69 Å². The van der Waals surface area contributed by atoms with E-state index in [-0.39, 0.29) is 11.3 Å². The first-order valence-corrected chi connectivity index (χ1v) is 5.94. The third-order valence-corrected chi connectivity index (χ3v) is 2.75. The highest BCUT2D eigenvalue weighted by Crippen LogP contribution is 2.07. The van der Waals surface area contributed by atoms with Crippen LogP contribution in [0.15, 0.2) is 41.6 Å². The molecule has 3 rings (SSSR count). The van der Waals surface area contributed by atoms with Crippen molar-refractivity contribution >= 4 is 17.1 Å². The normalized spacial score (nSPS) is 10.7. The van der Waals surface area contributed by atoms with E-state index in [4.69, 9.17) is 0 Å². The lowest BCUT2D eigenvalue weighted by Crippen LogP contribution is -2.12. The van der Waals surface area contributed by atoms with Gasteiger partial charge in [0.05, 0.1) is 11.9 Å². The molecule has 100 valence electrons. The van der Waals surface area contributed by atoms with Gasteiger partial charge >= 0.3 is 0 Å². The van der Waals surface area contributed by atoms with Gasteiger partial charge in [0.15, 0.2) is 5.69 Å². The van der Waals surface area contributed by atoms with Gasteiger partial charge < -0.3 is 10.3 Å². The summed E-state index contributed by atoms with van der Waals surface area (Å²) < 4.78 is 1.40. The van der Waals surface area contributed by atoms with E-state index < -0.39 is 5.91 Å². The van der Waals surface area contributed by atoms with E-state index in [1.54, 1.807) is 31.5 Å². The number of hydrogen-bond acceptors (Lipinski definition) is 4. The predicted molar refractivity (Wildman–Crippen MR) is 72.7 cm³/mol. The number of aryl methyl sites for hydroxylation is 1. The van der Waals surface area contributed by atoms with Gasteiger partial charge in [-0.1, -0.05) is 0 Å².